The van der Waals surface area contributed by atoms with E-state index in [1.54, 1.807) is 0 Å². The molecule has 7 N–H and O–H groups in total. The molecule has 0 aromatic carbocycles. The van der Waals surface area contributed by atoms with Crippen LogP contribution in [0.4, 0.5) is 17.8 Å². The molecule has 1 rings (SSSR count). The molecular formula is C22H39N7O6. The van der Waals surface area contributed by atoms with Crippen LogP contribution in [0.2, 0.25) is 0 Å². The van der Waals surface area contributed by atoms with Crippen molar-refractivity contribution in [3.05, 3.63) is 0 Å². The highest BCUT2D eigenvalue weighted by Crippen LogP contribution is 2.11. The number of nitrogens with one attached hydrogen (secondary N) is 4. The molecule has 0 saturated carbocycles. The number of aliphatic carboxylic acids is 2. The van der Waals surface area contributed by atoms with E-state index in [9.17, 15) is 14.4 Å². The maximum atomic E-state index is 11.6. The summed E-state index contributed by atoms with van der Waals surface area (Å²) < 4.78 is 0. The van der Waals surface area contributed by atoms with Crippen molar-refractivity contribution in [2.45, 2.75) is 77.2 Å². The minimum atomic E-state index is -0.804. The summed E-state index contributed by atoms with van der Waals surface area (Å²) in [6, 6.07) is -0.201. The largest absolute Gasteiger partial charge is 0.481 e. The van der Waals surface area contributed by atoms with Gasteiger partial charge in [0, 0.05) is 38.5 Å². The molecule has 0 radical (unpaired) electrons. The van der Waals surface area contributed by atoms with E-state index in [2.05, 4.69) is 36.2 Å². The monoisotopic (exact) mass is 497 g/mol. The van der Waals surface area contributed by atoms with Crippen molar-refractivity contribution in [2.24, 2.45) is 0 Å². The Morgan fingerprint density at radius 1 is 0.771 bits per heavy atom. The number of hydrogen-bond donors (Lipinski definition) is 7. The quantitative estimate of drug-likeness (QED) is 0.121. The first-order chi connectivity index (χ1) is 16.8. The van der Waals surface area contributed by atoms with Crippen molar-refractivity contribution in [3.63, 3.8) is 0 Å². The number of aromatic nitrogens is 3. The Morgan fingerprint density at radius 2 is 1.26 bits per heavy atom. The first kappa shape index (κ1) is 29.8. The molecule has 0 saturated heterocycles. The lowest BCUT2D eigenvalue weighted by molar-refractivity contribution is -0.138. The second-order valence-electron chi connectivity index (χ2n) is 8.16. The molecule has 0 fully saturated rings. The van der Waals surface area contributed by atoms with Gasteiger partial charge in [-0.3, -0.25) is 14.4 Å². The number of carboxylic acid groups (broad SMARTS) is 2. The van der Waals surface area contributed by atoms with Gasteiger partial charge < -0.3 is 36.6 Å². The number of unbranched alkanes of at least 4 members (excludes halogenated alkanes) is 4. The number of carbonyl (C=O) groups is 3. The van der Waals surface area contributed by atoms with E-state index >= 15 is 0 Å². The van der Waals surface area contributed by atoms with Crippen molar-refractivity contribution in [3.8, 4) is 0 Å². The van der Waals surface area contributed by atoms with E-state index < -0.39 is 24.5 Å². The Hall–Kier alpha value is -3.22. The van der Waals surface area contributed by atoms with Gasteiger partial charge in [0.15, 0.2) is 0 Å². The Bertz CT molecular complexity index is 736. The highest BCUT2D eigenvalue weighted by atomic mass is 16.4. The molecule has 1 aromatic heterocycles. The summed E-state index contributed by atoms with van der Waals surface area (Å²) in [5, 5.41) is 38.6. The molecular weight excluding hydrogens is 458 g/mol. The molecule has 1 aromatic rings. The van der Waals surface area contributed by atoms with Crippen LogP contribution in [-0.2, 0) is 14.4 Å². The highest BCUT2D eigenvalue weighted by Gasteiger charge is 2.13. The SMILES string of the molecule is CCCC(CNc1nc(NCCCCCC(=O)O)nc(NCCCCCC(=O)O)n1)NC(=O)CO. The number of carbonyl (C=O) groups excluding carboxylic acids is 1. The van der Waals surface area contributed by atoms with Crippen LogP contribution in [0.25, 0.3) is 0 Å². The molecule has 0 aliphatic rings. The van der Waals surface area contributed by atoms with E-state index in [0.29, 0.717) is 56.7 Å². The molecule has 35 heavy (non-hydrogen) atoms. The first-order valence-corrected chi connectivity index (χ1v) is 12.2. The average Bonchev–Trinajstić information content (AvgIpc) is 2.81. The number of aliphatic hydroxyl groups is 1. The summed E-state index contributed by atoms with van der Waals surface area (Å²) in [6.45, 7) is 2.93. The molecule has 13 nitrogen and oxygen atoms in total. The van der Waals surface area contributed by atoms with Crippen LogP contribution in [0, 0.1) is 0 Å². The smallest absolute Gasteiger partial charge is 0.303 e. The Kier molecular flexibility index (Phi) is 15.5. The number of hydrogen-bond acceptors (Lipinski definition) is 10. The standard InChI is InChI=1S/C22H39N7O6/c1-2-9-16(26-17(31)15-30)14-25-22-28-20(23-12-7-3-5-10-18(32)33)27-21(29-22)24-13-8-4-6-11-19(34)35/h16,30H,2-15H2,1H3,(H,26,31)(H,32,33)(H,34,35)(H3,23,24,25,27,28,29). The van der Waals surface area contributed by atoms with E-state index in [-0.39, 0.29) is 18.9 Å². The molecule has 0 spiro atoms. The predicted molar refractivity (Wildman–Crippen MR) is 131 cm³/mol. The lowest BCUT2D eigenvalue weighted by atomic mass is 10.1. The number of amides is 1. The summed E-state index contributed by atoms with van der Waals surface area (Å²) in [5.74, 6) is -1.01. The molecule has 0 aliphatic carbocycles. The van der Waals surface area contributed by atoms with Crippen LogP contribution >= 0.6 is 0 Å². The van der Waals surface area contributed by atoms with Gasteiger partial charge in [-0.1, -0.05) is 26.2 Å². The van der Waals surface area contributed by atoms with Crippen LogP contribution in [-0.4, -0.2) is 80.4 Å². The third kappa shape index (κ3) is 15.3. The van der Waals surface area contributed by atoms with E-state index in [0.717, 1.165) is 32.1 Å². The maximum Gasteiger partial charge on any atom is 0.303 e. The van der Waals surface area contributed by atoms with Gasteiger partial charge in [0.2, 0.25) is 23.8 Å². The Labute approximate surface area is 205 Å². The van der Waals surface area contributed by atoms with Crippen LogP contribution in [0.3, 0.4) is 0 Å². The normalized spacial score (nSPS) is 11.5. The highest BCUT2D eigenvalue weighted by molar-refractivity contribution is 5.77. The summed E-state index contributed by atoms with van der Waals surface area (Å²) in [6.07, 6.45) is 6.12. The second kappa shape index (κ2) is 18.2. The van der Waals surface area contributed by atoms with Gasteiger partial charge in [-0.25, -0.2) is 0 Å². The van der Waals surface area contributed by atoms with Gasteiger partial charge in [0.1, 0.15) is 6.61 Å². The number of rotatable bonds is 21. The van der Waals surface area contributed by atoms with Crippen LogP contribution in [0.5, 0.6) is 0 Å². The van der Waals surface area contributed by atoms with Gasteiger partial charge in [0.05, 0.1) is 0 Å². The molecule has 1 amide bonds. The van der Waals surface area contributed by atoms with E-state index in [1.165, 1.54) is 0 Å². The summed E-state index contributed by atoms with van der Waals surface area (Å²) >= 11 is 0. The van der Waals surface area contributed by atoms with Crippen molar-refractivity contribution < 1.29 is 29.7 Å². The van der Waals surface area contributed by atoms with E-state index in [4.69, 9.17) is 15.3 Å². The van der Waals surface area contributed by atoms with Gasteiger partial charge in [-0.15, -0.1) is 0 Å². The third-order valence-electron chi connectivity index (χ3n) is 4.99. The van der Waals surface area contributed by atoms with Gasteiger partial charge in [0.25, 0.3) is 0 Å². The molecule has 1 atom stereocenters. The molecule has 0 aliphatic heterocycles. The minimum Gasteiger partial charge on any atom is -0.481 e. The topological polar surface area (TPSA) is 199 Å². The number of carboxylic acids is 2. The van der Waals surface area contributed by atoms with Gasteiger partial charge >= 0.3 is 11.9 Å². The minimum absolute atomic E-state index is 0.145. The Morgan fingerprint density at radius 3 is 1.69 bits per heavy atom. The van der Waals surface area contributed by atoms with Crippen molar-refractivity contribution in [1.29, 1.82) is 0 Å². The molecule has 198 valence electrons. The van der Waals surface area contributed by atoms with Crippen molar-refractivity contribution >= 4 is 35.7 Å². The van der Waals surface area contributed by atoms with Crippen LogP contribution in [0.1, 0.15) is 71.1 Å². The Balaban J connectivity index is 2.70. The summed E-state index contributed by atoms with van der Waals surface area (Å²) in [4.78, 5) is 45.9. The fraction of sp³-hybridized carbons (Fsp3) is 0.727. The molecule has 0 bridgehead atoms. The summed E-state index contributed by atoms with van der Waals surface area (Å²) in [5.41, 5.74) is 0. The molecule has 1 unspecified atom stereocenters. The fourth-order valence-electron chi connectivity index (χ4n) is 3.23. The molecule has 1 heterocycles. The van der Waals surface area contributed by atoms with Crippen molar-refractivity contribution in [1.82, 2.24) is 20.3 Å². The zero-order valence-corrected chi connectivity index (χ0v) is 20.4. The second-order valence-corrected chi connectivity index (χ2v) is 8.16. The average molecular weight is 498 g/mol. The van der Waals surface area contributed by atoms with Crippen LogP contribution in [0.15, 0.2) is 0 Å². The van der Waals surface area contributed by atoms with Gasteiger partial charge in [-0.2, -0.15) is 15.0 Å². The first-order valence-electron chi connectivity index (χ1n) is 12.2. The zero-order valence-electron chi connectivity index (χ0n) is 20.4. The zero-order chi connectivity index (χ0) is 25.9. The lowest BCUT2D eigenvalue weighted by Gasteiger charge is -2.18. The lowest BCUT2D eigenvalue weighted by Crippen LogP contribution is -2.41. The number of anilines is 3. The molecule has 13 heteroatoms. The summed E-state index contributed by atoms with van der Waals surface area (Å²) in [7, 11) is 0. The fourth-order valence-corrected chi connectivity index (χ4v) is 3.23. The van der Waals surface area contributed by atoms with Crippen molar-refractivity contribution in [2.75, 3.05) is 42.2 Å². The number of nitrogens with zero attached hydrogens (tertiary/aromatic N) is 3. The third-order valence-corrected chi connectivity index (χ3v) is 4.99. The predicted octanol–water partition coefficient (Wildman–Crippen LogP) is 1.67. The maximum absolute atomic E-state index is 11.6. The van der Waals surface area contributed by atoms with Gasteiger partial charge in [-0.05, 0) is 32.1 Å². The van der Waals surface area contributed by atoms with E-state index in [1.807, 2.05) is 6.92 Å². The number of aliphatic hydroxyl groups excluding tert-OH is 1. The van der Waals surface area contributed by atoms with Crippen LogP contribution < -0.4 is 21.3 Å².